The van der Waals surface area contributed by atoms with Crippen LogP contribution in [0.25, 0.3) is 21.5 Å². The minimum atomic E-state index is -0.473. The van der Waals surface area contributed by atoms with Gasteiger partial charge in [-0.1, -0.05) is 23.5 Å². The van der Waals surface area contributed by atoms with Crippen molar-refractivity contribution in [1.82, 2.24) is 19.9 Å². The van der Waals surface area contributed by atoms with Crippen molar-refractivity contribution in [1.29, 1.82) is 0 Å². The molecule has 0 bridgehead atoms. The summed E-state index contributed by atoms with van der Waals surface area (Å²) < 4.78 is 15.4. The van der Waals surface area contributed by atoms with Gasteiger partial charge in [-0.3, -0.25) is 0 Å². The fraction of sp³-hybridized carbons (Fsp3) is 0.200. The number of aromatic nitrogens is 4. The summed E-state index contributed by atoms with van der Waals surface area (Å²) in [5.41, 5.74) is 1.83. The van der Waals surface area contributed by atoms with Gasteiger partial charge in [-0.05, 0) is 38.1 Å². The van der Waals surface area contributed by atoms with Gasteiger partial charge in [0.25, 0.3) is 0 Å². The Labute approximate surface area is 166 Å². The Morgan fingerprint density at radius 1 is 1.07 bits per heavy atom. The second-order valence-corrected chi connectivity index (χ2v) is 7.09. The maximum atomic E-state index is 14.4. The van der Waals surface area contributed by atoms with Crippen molar-refractivity contribution in [2.45, 2.75) is 13.8 Å². The van der Waals surface area contributed by atoms with E-state index >= 15 is 0 Å². The predicted octanol–water partition coefficient (Wildman–Crippen LogP) is 4.88. The fourth-order valence-electron chi connectivity index (χ4n) is 2.87. The molecule has 3 aromatic heterocycles. The topological polar surface area (TPSA) is 66.8 Å². The number of nitrogens with zero attached hydrogens (tertiary/aromatic N) is 5. The molecule has 4 aromatic rings. The number of hydrogen-bond donors (Lipinski definition) is 1. The van der Waals surface area contributed by atoms with Gasteiger partial charge in [-0.2, -0.15) is 0 Å². The van der Waals surface area contributed by atoms with Crippen LogP contribution in [-0.4, -0.2) is 33.0 Å². The van der Waals surface area contributed by atoms with Crippen LogP contribution in [0, 0.1) is 5.82 Å². The maximum Gasteiger partial charge on any atom is 0.229 e. The van der Waals surface area contributed by atoms with Crippen molar-refractivity contribution < 1.29 is 4.39 Å². The molecule has 0 unspecified atom stereocenters. The minimum absolute atomic E-state index is 0.244. The number of hydrogen-bond acceptors (Lipinski definition) is 7. The molecule has 0 radical (unpaired) electrons. The summed E-state index contributed by atoms with van der Waals surface area (Å²) in [5.74, 6) is 0.421. The molecule has 0 saturated heterocycles. The molecular weight excluding hydrogens is 375 g/mol. The molecule has 0 atom stereocenters. The molecule has 142 valence electrons. The van der Waals surface area contributed by atoms with Gasteiger partial charge in [0.1, 0.15) is 11.5 Å². The summed E-state index contributed by atoms with van der Waals surface area (Å²) in [4.78, 5) is 19.4. The molecule has 28 heavy (non-hydrogen) atoms. The number of fused-ring (bicyclic) bond motifs is 1. The summed E-state index contributed by atoms with van der Waals surface area (Å²) in [6.07, 6.45) is 2.84. The highest BCUT2D eigenvalue weighted by Crippen LogP contribution is 2.32. The zero-order valence-corrected chi connectivity index (χ0v) is 16.4. The molecule has 0 fully saturated rings. The molecular formula is C20H19FN6S. The SMILES string of the molecule is CCN(CC)c1nc2ccc(-c3nc(Nc4ccccn4)ncc3F)cc2s1. The average molecular weight is 394 g/mol. The van der Waals surface area contributed by atoms with Crippen LogP contribution in [0.2, 0.25) is 0 Å². The van der Waals surface area contributed by atoms with Gasteiger partial charge in [0.2, 0.25) is 5.95 Å². The van der Waals surface area contributed by atoms with Crippen molar-refractivity contribution in [3.63, 3.8) is 0 Å². The summed E-state index contributed by atoms with van der Waals surface area (Å²) >= 11 is 1.60. The smallest absolute Gasteiger partial charge is 0.229 e. The first-order valence-corrected chi connectivity index (χ1v) is 9.86. The van der Waals surface area contributed by atoms with E-state index in [4.69, 9.17) is 0 Å². The molecule has 0 spiro atoms. The molecule has 0 saturated carbocycles. The van der Waals surface area contributed by atoms with E-state index in [1.54, 1.807) is 23.6 Å². The highest BCUT2D eigenvalue weighted by atomic mass is 32.1. The summed E-state index contributed by atoms with van der Waals surface area (Å²) in [5, 5.41) is 3.97. The third-order valence-electron chi connectivity index (χ3n) is 4.33. The fourth-order valence-corrected chi connectivity index (χ4v) is 4.00. The second kappa shape index (κ2) is 7.85. The van der Waals surface area contributed by atoms with Crippen LogP contribution >= 0.6 is 11.3 Å². The molecule has 4 rings (SSSR count). The van der Waals surface area contributed by atoms with Crippen LogP contribution in [0.1, 0.15) is 13.8 Å². The lowest BCUT2D eigenvalue weighted by atomic mass is 10.1. The lowest BCUT2D eigenvalue weighted by Gasteiger charge is -2.16. The van der Waals surface area contributed by atoms with E-state index in [2.05, 4.69) is 44.0 Å². The van der Waals surface area contributed by atoms with Crippen LogP contribution in [0.5, 0.6) is 0 Å². The molecule has 3 heterocycles. The number of thiazole rings is 1. The van der Waals surface area contributed by atoms with Crippen molar-refractivity contribution >= 4 is 38.5 Å². The summed E-state index contributed by atoms with van der Waals surface area (Å²) in [6, 6.07) is 11.1. The predicted molar refractivity (Wildman–Crippen MR) is 112 cm³/mol. The molecule has 6 nitrogen and oxygen atoms in total. The Morgan fingerprint density at radius 3 is 2.68 bits per heavy atom. The zero-order valence-electron chi connectivity index (χ0n) is 15.6. The normalized spacial score (nSPS) is 11.0. The maximum absolute atomic E-state index is 14.4. The molecule has 1 aromatic carbocycles. The second-order valence-electron chi connectivity index (χ2n) is 6.08. The number of halogens is 1. The largest absolute Gasteiger partial charge is 0.349 e. The number of anilines is 3. The Morgan fingerprint density at radius 2 is 1.93 bits per heavy atom. The van der Waals surface area contributed by atoms with E-state index in [0.717, 1.165) is 28.4 Å². The van der Waals surface area contributed by atoms with Gasteiger partial charge in [0, 0.05) is 24.8 Å². The van der Waals surface area contributed by atoms with Crippen LogP contribution in [-0.2, 0) is 0 Å². The van der Waals surface area contributed by atoms with E-state index < -0.39 is 5.82 Å². The van der Waals surface area contributed by atoms with Gasteiger partial charge >= 0.3 is 0 Å². The zero-order chi connectivity index (χ0) is 19.5. The van der Waals surface area contributed by atoms with Gasteiger partial charge in [-0.25, -0.2) is 24.3 Å². The highest BCUT2D eigenvalue weighted by molar-refractivity contribution is 7.22. The van der Waals surface area contributed by atoms with Crippen molar-refractivity contribution in [3.8, 4) is 11.3 Å². The van der Waals surface area contributed by atoms with Crippen molar-refractivity contribution in [2.75, 3.05) is 23.3 Å². The van der Waals surface area contributed by atoms with Gasteiger partial charge in [0.05, 0.1) is 16.4 Å². The molecule has 0 aliphatic rings. The lowest BCUT2D eigenvalue weighted by molar-refractivity contribution is 0.619. The van der Waals surface area contributed by atoms with E-state index in [0.29, 0.717) is 17.3 Å². The molecule has 0 amide bonds. The molecule has 0 aliphatic carbocycles. The molecule has 1 N–H and O–H groups in total. The van der Waals surface area contributed by atoms with Crippen LogP contribution in [0.3, 0.4) is 0 Å². The number of rotatable bonds is 6. The Bertz CT molecular complexity index is 1090. The first-order chi connectivity index (χ1) is 13.7. The van der Waals surface area contributed by atoms with E-state index in [1.807, 2.05) is 30.3 Å². The lowest BCUT2D eigenvalue weighted by Crippen LogP contribution is -2.21. The Kier molecular flexibility index (Phi) is 5.12. The van der Waals surface area contributed by atoms with E-state index in [9.17, 15) is 4.39 Å². The standard InChI is InChI=1S/C20H19FN6S/c1-3-27(4-2)20-24-15-9-8-13(11-16(15)28-20)18-14(21)12-23-19(26-18)25-17-7-5-6-10-22-17/h5-12H,3-4H2,1-2H3,(H,22,23,25,26). The Balaban J connectivity index is 1.69. The Hall–Kier alpha value is -3.13. The number of benzene rings is 1. The van der Waals surface area contributed by atoms with Crippen LogP contribution < -0.4 is 10.2 Å². The highest BCUT2D eigenvalue weighted by Gasteiger charge is 2.14. The van der Waals surface area contributed by atoms with Crippen LogP contribution in [0.15, 0.2) is 48.8 Å². The third kappa shape index (κ3) is 3.63. The third-order valence-corrected chi connectivity index (χ3v) is 5.41. The van der Waals surface area contributed by atoms with Crippen molar-refractivity contribution in [3.05, 3.63) is 54.6 Å². The van der Waals surface area contributed by atoms with E-state index in [1.165, 1.54) is 6.20 Å². The van der Waals surface area contributed by atoms with Gasteiger partial charge in [-0.15, -0.1) is 0 Å². The number of pyridine rings is 1. The number of nitrogens with one attached hydrogen (secondary N) is 1. The average Bonchev–Trinajstić information content (AvgIpc) is 3.14. The van der Waals surface area contributed by atoms with Crippen molar-refractivity contribution in [2.24, 2.45) is 0 Å². The first-order valence-electron chi connectivity index (χ1n) is 9.04. The quantitative estimate of drug-likeness (QED) is 0.503. The van der Waals surface area contributed by atoms with Crippen LogP contribution in [0.4, 0.5) is 21.3 Å². The summed E-state index contributed by atoms with van der Waals surface area (Å²) in [6.45, 7) is 6.00. The van der Waals surface area contributed by atoms with Gasteiger partial charge < -0.3 is 10.2 Å². The first kappa shape index (κ1) is 18.2. The van der Waals surface area contributed by atoms with Gasteiger partial charge in [0.15, 0.2) is 10.9 Å². The molecule has 8 heteroatoms. The monoisotopic (exact) mass is 394 g/mol. The van der Waals surface area contributed by atoms with E-state index in [-0.39, 0.29) is 5.69 Å². The molecule has 0 aliphatic heterocycles. The minimum Gasteiger partial charge on any atom is -0.349 e. The summed E-state index contributed by atoms with van der Waals surface area (Å²) in [7, 11) is 0.